The molecule has 6 heterocycles. The second kappa shape index (κ2) is 16.3. The van der Waals surface area contributed by atoms with Gasteiger partial charge in [0.2, 0.25) is 23.6 Å². The molecule has 57 heavy (non-hydrogen) atoms. The van der Waals surface area contributed by atoms with Crippen molar-refractivity contribution in [2.24, 2.45) is 7.05 Å². The average Bonchev–Trinajstić information content (AvgIpc) is 3.65. The van der Waals surface area contributed by atoms with E-state index >= 15 is 0 Å². The fraction of sp³-hybridized carbons (Fsp3) is 0.250. The van der Waals surface area contributed by atoms with E-state index in [1.54, 1.807) is 18.3 Å². The van der Waals surface area contributed by atoms with Crippen LogP contribution in [0.5, 0.6) is 17.5 Å². The number of carbonyl (C=O) groups is 4. The van der Waals surface area contributed by atoms with Crippen LogP contribution in [0.2, 0.25) is 0 Å². The van der Waals surface area contributed by atoms with Crippen molar-refractivity contribution in [2.45, 2.75) is 44.6 Å². The average molecular weight is 763 g/mol. The third-order valence-electron chi connectivity index (χ3n) is 10.0. The van der Waals surface area contributed by atoms with E-state index in [9.17, 15) is 19.2 Å². The standard InChI is InChI=1S/C44H38N6O7/c1-49-36-18-19-45-27-35(36)32-12-9-29(23-38(32)49)30-10-17-41(47-26-30)57-22-6-21-56-40-16-8-28(25-46-40)7-4-2-3-5-20-55-31-11-13-33-34(24-31)44(54)50(43(33)53)37-14-15-39(51)48-42(37)52/h8-13,16-19,23-27,37H,2-3,5-6,14-15,20-22H2,1H3,(H,48,51,52). The number of benzene rings is 2. The summed E-state index contributed by atoms with van der Waals surface area (Å²) in [6, 6.07) is 19.7. The Morgan fingerprint density at radius 3 is 2.28 bits per heavy atom. The molecular formula is C44H38N6O7. The van der Waals surface area contributed by atoms with E-state index < -0.39 is 29.7 Å². The number of nitrogens with zero attached hydrogens (tertiary/aromatic N) is 5. The van der Waals surface area contributed by atoms with E-state index in [2.05, 4.69) is 61.9 Å². The van der Waals surface area contributed by atoms with Gasteiger partial charge in [-0.15, -0.1) is 0 Å². The van der Waals surface area contributed by atoms with Crippen LogP contribution in [0.4, 0.5) is 0 Å². The van der Waals surface area contributed by atoms with Crippen LogP contribution < -0.4 is 19.5 Å². The normalized spacial score (nSPS) is 15.0. The molecule has 1 atom stereocenters. The molecule has 0 aliphatic carbocycles. The smallest absolute Gasteiger partial charge is 0.262 e. The van der Waals surface area contributed by atoms with Gasteiger partial charge in [-0.3, -0.25) is 34.4 Å². The van der Waals surface area contributed by atoms with Gasteiger partial charge >= 0.3 is 0 Å². The Hall–Kier alpha value is -7.07. The largest absolute Gasteiger partial charge is 0.494 e. The quantitative estimate of drug-likeness (QED) is 0.0838. The number of amides is 4. The van der Waals surface area contributed by atoms with Crippen molar-refractivity contribution in [3.8, 4) is 40.5 Å². The van der Waals surface area contributed by atoms with Gasteiger partial charge < -0.3 is 18.8 Å². The van der Waals surface area contributed by atoms with E-state index in [1.807, 2.05) is 42.9 Å². The first-order valence-electron chi connectivity index (χ1n) is 18.8. The van der Waals surface area contributed by atoms with Crippen molar-refractivity contribution in [3.05, 3.63) is 108 Å². The lowest BCUT2D eigenvalue weighted by Gasteiger charge is -2.27. The molecule has 0 spiro atoms. The molecule has 0 radical (unpaired) electrons. The van der Waals surface area contributed by atoms with Crippen LogP contribution >= 0.6 is 0 Å². The van der Waals surface area contributed by atoms with E-state index in [1.165, 1.54) is 17.5 Å². The van der Waals surface area contributed by atoms with Crippen molar-refractivity contribution in [2.75, 3.05) is 19.8 Å². The minimum atomic E-state index is -1.00. The lowest BCUT2D eigenvalue weighted by Crippen LogP contribution is -2.54. The maximum Gasteiger partial charge on any atom is 0.262 e. The van der Waals surface area contributed by atoms with Crippen LogP contribution in [0.15, 0.2) is 91.5 Å². The van der Waals surface area contributed by atoms with Crippen LogP contribution in [0.3, 0.4) is 0 Å². The number of ether oxygens (including phenoxy) is 3. The third-order valence-corrected chi connectivity index (χ3v) is 10.0. The van der Waals surface area contributed by atoms with Crippen molar-refractivity contribution >= 4 is 45.4 Å². The molecule has 0 bridgehead atoms. The van der Waals surface area contributed by atoms with Crippen molar-refractivity contribution < 1.29 is 33.4 Å². The van der Waals surface area contributed by atoms with Gasteiger partial charge in [0.25, 0.3) is 11.8 Å². The fourth-order valence-corrected chi connectivity index (χ4v) is 7.03. The predicted molar refractivity (Wildman–Crippen MR) is 211 cm³/mol. The number of imide groups is 2. The number of hydrogen-bond donors (Lipinski definition) is 1. The lowest BCUT2D eigenvalue weighted by molar-refractivity contribution is -0.136. The SMILES string of the molecule is Cn1c2ccncc2c2ccc(-c3ccc(OCCCOc4ccc(C#CCCCCOc5ccc6c(c5)C(=O)N(C5CCC(=O)NC5=O)C6=O)cn4)nc3)cc21. The van der Waals surface area contributed by atoms with Crippen molar-refractivity contribution in [3.63, 3.8) is 0 Å². The topological polar surface area (TPSA) is 155 Å². The molecule has 1 unspecified atom stereocenters. The molecule has 13 nitrogen and oxygen atoms in total. The predicted octanol–water partition coefficient (Wildman–Crippen LogP) is 6.03. The highest BCUT2D eigenvalue weighted by Gasteiger charge is 2.44. The Morgan fingerprint density at radius 1 is 0.737 bits per heavy atom. The molecule has 8 rings (SSSR count). The molecule has 1 N–H and O–H groups in total. The summed E-state index contributed by atoms with van der Waals surface area (Å²) in [4.78, 5) is 63.8. The number of carbonyl (C=O) groups excluding carboxylic acids is 4. The van der Waals surface area contributed by atoms with Crippen molar-refractivity contribution in [1.82, 2.24) is 29.7 Å². The van der Waals surface area contributed by atoms with E-state index in [0.29, 0.717) is 50.2 Å². The summed E-state index contributed by atoms with van der Waals surface area (Å²) in [7, 11) is 2.07. The van der Waals surface area contributed by atoms with E-state index in [-0.39, 0.29) is 24.0 Å². The molecule has 0 saturated carbocycles. The number of nitrogens with one attached hydrogen (secondary N) is 1. The Morgan fingerprint density at radius 2 is 1.51 bits per heavy atom. The summed E-state index contributed by atoms with van der Waals surface area (Å²) < 4.78 is 19.6. The summed E-state index contributed by atoms with van der Waals surface area (Å²) in [5.74, 6) is 5.64. The zero-order valence-electron chi connectivity index (χ0n) is 31.2. The number of hydrogen-bond acceptors (Lipinski definition) is 10. The third kappa shape index (κ3) is 7.88. The Kier molecular flexibility index (Phi) is 10.6. The molecule has 1 saturated heterocycles. The molecule has 4 amide bonds. The summed E-state index contributed by atoms with van der Waals surface area (Å²) in [6.07, 6.45) is 10.3. The van der Waals surface area contributed by atoms with Gasteiger partial charge in [0.15, 0.2) is 0 Å². The van der Waals surface area contributed by atoms with Gasteiger partial charge in [0.05, 0.1) is 36.5 Å². The molecule has 2 aliphatic rings. The second-order valence-corrected chi connectivity index (χ2v) is 13.8. The number of fused-ring (bicyclic) bond motifs is 4. The lowest BCUT2D eigenvalue weighted by atomic mass is 10.0. The molecular weight excluding hydrogens is 725 g/mol. The molecule has 2 aliphatic heterocycles. The number of piperidine rings is 1. The molecule has 13 heteroatoms. The van der Waals surface area contributed by atoms with Crippen LogP contribution in [-0.4, -0.2) is 73.9 Å². The van der Waals surface area contributed by atoms with Crippen LogP contribution in [0.1, 0.15) is 64.8 Å². The first-order valence-corrected chi connectivity index (χ1v) is 18.8. The van der Waals surface area contributed by atoms with Gasteiger partial charge in [-0.1, -0.05) is 24.0 Å². The van der Waals surface area contributed by atoms with Crippen LogP contribution in [0, 0.1) is 11.8 Å². The Bertz CT molecular complexity index is 2570. The molecule has 1 fully saturated rings. The molecule has 6 aromatic rings. The van der Waals surface area contributed by atoms with Gasteiger partial charge in [-0.25, -0.2) is 9.97 Å². The van der Waals surface area contributed by atoms with Gasteiger partial charge in [-0.2, -0.15) is 0 Å². The highest BCUT2D eigenvalue weighted by Crippen LogP contribution is 2.32. The second-order valence-electron chi connectivity index (χ2n) is 13.8. The maximum atomic E-state index is 13.0. The van der Waals surface area contributed by atoms with Crippen molar-refractivity contribution in [1.29, 1.82) is 0 Å². The Labute approximate surface area is 328 Å². The monoisotopic (exact) mass is 762 g/mol. The number of aryl methyl sites for hydroxylation is 1. The minimum Gasteiger partial charge on any atom is -0.494 e. The summed E-state index contributed by atoms with van der Waals surface area (Å²) in [5, 5.41) is 4.51. The van der Waals surface area contributed by atoms with Crippen LogP contribution in [0.25, 0.3) is 32.9 Å². The first-order chi connectivity index (χ1) is 27.8. The molecule has 286 valence electrons. The Balaban J connectivity index is 0.719. The zero-order valence-corrected chi connectivity index (χ0v) is 31.2. The fourth-order valence-electron chi connectivity index (χ4n) is 7.03. The summed E-state index contributed by atoms with van der Waals surface area (Å²) in [6.45, 7) is 1.30. The van der Waals surface area contributed by atoms with Crippen LogP contribution in [-0.2, 0) is 16.6 Å². The van der Waals surface area contributed by atoms with E-state index in [0.717, 1.165) is 50.9 Å². The van der Waals surface area contributed by atoms with Gasteiger partial charge in [0.1, 0.15) is 11.8 Å². The van der Waals surface area contributed by atoms with E-state index in [4.69, 9.17) is 14.2 Å². The number of rotatable bonds is 13. The van der Waals surface area contributed by atoms with Gasteiger partial charge in [-0.05, 0) is 67.3 Å². The molecule has 4 aromatic heterocycles. The highest BCUT2D eigenvalue weighted by molar-refractivity contribution is 6.23. The zero-order chi connectivity index (χ0) is 39.3. The molecule has 2 aromatic carbocycles. The summed E-state index contributed by atoms with van der Waals surface area (Å²) in [5.41, 5.74) is 5.58. The van der Waals surface area contributed by atoms with Gasteiger partial charge in [0, 0.05) is 90.6 Å². The number of aromatic nitrogens is 4. The number of unbranched alkanes of at least 4 members (excludes halogenated alkanes) is 2. The summed E-state index contributed by atoms with van der Waals surface area (Å²) >= 11 is 0. The minimum absolute atomic E-state index is 0.0698. The first kappa shape index (κ1) is 36.9. The number of pyridine rings is 3. The highest BCUT2D eigenvalue weighted by atomic mass is 16.5. The maximum absolute atomic E-state index is 13.0.